The molecule has 5 rings (SSSR count). The molecule has 172 valence electrons. The number of aromatic nitrogens is 1. The number of fused-ring (bicyclic) bond motifs is 5. The first kappa shape index (κ1) is 21.5. The molecule has 3 fully saturated rings. The summed E-state index contributed by atoms with van der Waals surface area (Å²) in [5, 5.41) is 3.01. The van der Waals surface area contributed by atoms with Crippen LogP contribution in [0, 0.1) is 34.5 Å². The summed E-state index contributed by atoms with van der Waals surface area (Å²) in [6, 6.07) is 3.84. The number of hydrogen-bond acceptors (Lipinski definition) is 4. The molecule has 32 heavy (non-hydrogen) atoms. The molecule has 0 bridgehead atoms. The third-order valence-electron chi connectivity index (χ3n) is 9.83. The fraction of sp³-hybridized carbons (Fsp3) is 0.654. The Morgan fingerprint density at radius 3 is 2.75 bits per heavy atom. The molecule has 0 saturated heterocycles. The SMILES string of the molecule is CN1C(=O)C=C[C@]2(C)[C@H]3CC[C@]4(C)[C@@H](CC(=O)Nc5ccc(N)nc5)CC[C@H]4[C@@H]3CC[C@@H]12. The standard InChI is InChI=1S/C26H36N4O2/c1-25-12-10-20-18(6-8-21-26(20,2)13-11-24(32)30(21)3)19(25)7-4-16(25)14-23(31)29-17-5-9-22(27)28-15-17/h5,9,11,13,15-16,18-21H,4,6-8,10,12,14H2,1-3H3,(H2,27,28)(H,29,31)/t16-,18+,19+,20+,21-,25-,26-/m1/s1. The highest BCUT2D eigenvalue weighted by molar-refractivity contribution is 5.91. The third-order valence-corrected chi connectivity index (χ3v) is 9.83. The first-order valence-corrected chi connectivity index (χ1v) is 12.2. The molecular weight excluding hydrogens is 400 g/mol. The molecule has 0 radical (unpaired) electrons. The Morgan fingerprint density at radius 1 is 1.19 bits per heavy atom. The number of carbonyl (C=O) groups excluding carboxylic acids is 2. The maximum atomic E-state index is 12.8. The van der Waals surface area contributed by atoms with Crippen LogP contribution in [0.2, 0.25) is 0 Å². The fourth-order valence-corrected chi connectivity index (χ4v) is 8.10. The quantitative estimate of drug-likeness (QED) is 0.741. The maximum absolute atomic E-state index is 12.8. The van der Waals surface area contributed by atoms with Gasteiger partial charge in [0.15, 0.2) is 0 Å². The van der Waals surface area contributed by atoms with Crippen molar-refractivity contribution in [2.75, 3.05) is 18.1 Å². The minimum Gasteiger partial charge on any atom is -0.384 e. The van der Waals surface area contributed by atoms with Crippen LogP contribution in [0.15, 0.2) is 30.5 Å². The van der Waals surface area contributed by atoms with Gasteiger partial charge in [0.05, 0.1) is 11.9 Å². The number of rotatable bonds is 3. The van der Waals surface area contributed by atoms with Gasteiger partial charge in [0.2, 0.25) is 11.8 Å². The molecule has 2 amide bonds. The molecule has 3 saturated carbocycles. The minimum atomic E-state index is 0.0739. The number of nitrogens with two attached hydrogens (primary N) is 1. The molecule has 6 nitrogen and oxygen atoms in total. The number of likely N-dealkylation sites (N-methyl/N-ethyl adjacent to an activating group) is 1. The number of nitrogen functional groups attached to an aromatic ring is 1. The molecule has 6 heteroatoms. The first-order chi connectivity index (χ1) is 15.2. The molecule has 1 aromatic rings. The molecule has 1 aliphatic heterocycles. The lowest BCUT2D eigenvalue weighted by Crippen LogP contribution is -2.59. The highest BCUT2D eigenvalue weighted by Gasteiger charge is 2.60. The zero-order valence-corrected chi connectivity index (χ0v) is 19.5. The predicted octanol–water partition coefficient (Wildman–Crippen LogP) is 4.25. The zero-order chi connectivity index (χ0) is 22.7. The second kappa shape index (κ2) is 7.60. The maximum Gasteiger partial charge on any atom is 0.246 e. The van der Waals surface area contributed by atoms with Crippen LogP contribution in [0.25, 0.3) is 0 Å². The van der Waals surface area contributed by atoms with E-state index < -0.39 is 0 Å². The molecule has 7 atom stereocenters. The van der Waals surface area contributed by atoms with Gasteiger partial charge < -0.3 is 16.0 Å². The summed E-state index contributed by atoms with van der Waals surface area (Å²) in [5.74, 6) is 3.09. The number of nitrogens with zero attached hydrogens (tertiary/aromatic N) is 2. The number of carbonyl (C=O) groups is 2. The second-order valence-electron chi connectivity index (χ2n) is 11.2. The number of amides is 2. The van der Waals surface area contributed by atoms with Crippen LogP contribution in [0.5, 0.6) is 0 Å². The van der Waals surface area contributed by atoms with E-state index in [0.29, 0.717) is 47.6 Å². The topological polar surface area (TPSA) is 88.3 Å². The number of nitrogens with one attached hydrogen (secondary N) is 1. The molecular formula is C26H36N4O2. The van der Waals surface area contributed by atoms with E-state index in [1.807, 2.05) is 18.0 Å². The van der Waals surface area contributed by atoms with Gasteiger partial charge in [0.25, 0.3) is 0 Å². The van der Waals surface area contributed by atoms with Crippen molar-refractivity contribution in [3.8, 4) is 0 Å². The lowest BCUT2D eigenvalue weighted by Gasteiger charge is -2.60. The highest BCUT2D eigenvalue weighted by Crippen LogP contribution is 2.65. The van der Waals surface area contributed by atoms with Crippen molar-refractivity contribution < 1.29 is 9.59 Å². The zero-order valence-electron chi connectivity index (χ0n) is 19.5. The highest BCUT2D eigenvalue weighted by atomic mass is 16.2. The van der Waals surface area contributed by atoms with Gasteiger partial charge in [-0.2, -0.15) is 0 Å². The van der Waals surface area contributed by atoms with Crippen LogP contribution in [0.3, 0.4) is 0 Å². The molecule has 1 aromatic heterocycles. The van der Waals surface area contributed by atoms with Crippen LogP contribution >= 0.6 is 0 Å². The van der Waals surface area contributed by atoms with Crippen molar-refractivity contribution >= 4 is 23.3 Å². The van der Waals surface area contributed by atoms with E-state index in [1.54, 1.807) is 18.3 Å². The van der Waals surface area contributed by atoms with Gasteiger partial charge in [-0.1, -0.05) is 19.9 Å². The summed E-state index contributed by atoms with van der Waals surface area (Å²) in [6.07, 6.45) is 13.2. The van der Waals surface area contributed by atoms with Crippen molar-refractivity contribution in [3.63, 3.8) is 0 Å². The largest absolute Gasteiger partial charge is 0.384 e. The van der Waals surface area contributed by atoms with E-state index in [9.17, 15) is 9.59 Å². The van der Waals surface area contributed by atoms with Crippen LogP contribution in [0.4, 0.5) is 11.5 Å². The van der Waals surface area contributed by atoms with Crippen molar-refractivity contribution in [1.82, 2.24) is 9.88 Å². The Morgan fingerprint density at radius 2 is 2.00 bits per heavy atom. The van der Waals surface area contributed by atoms with E-state index >= 15 is 0 Å². The molecule has 0 aromatic carbocycles. The number of anilines is 2. The Bertz CT molecular complexity index is 944. The third kappa shape index (κ3) is 3.25. The van der Waals surface area contributed by atoms with E-state index in [2.05, 4.69) is 30.2 Å². The van der Waals surface area contributed by atoms with Crippen molar-refractivity contribution in [3.05, 3.63) is 30.5 Å². The summed E-state index contributed by atoms with van der Waals surface area (Å²) in [4.78, 5) is 31.2. The molecule has 3 N–H and O–H groups in total. The summed E-state index contributed by atoms with van der Waals surface area (Å²) in [5.41, 5.74) is 6.66. The van der Waals surface area contributed by atoms with E-state index in [0.717, 1.165) is 12.8 Å². The number of hydrogen-bond donors (Lipinski definition) is 2. The van der Waals surface area contributed by atoms with Crippen LogP contribution < -0.4 is 11.1 Å². The molecule has 0 unspecified atom stereocenters. The Kier molecular flexibility index (Phi) is 5.10. The van der Waals surface area contributed by atoms with E-state index in [4.69, 9.17) is 5.73 Å². The van der Waals surface area contributed by atoms with Crippen molar-refractivity contribution in [2.24, 2.45) is 34.5 Å². The fourth-order valence-electron chi connectivity index (χ4n) is 8.10. The van der Waals surface area contributed by atoms with E-state index in [1.165, 1.54) is 25.7 Å². The first-order valence-electron chi connectivity index (χ1n) is 12.2. The van der Waals surface area contributed by atoms with Gasteiger partial charge in [0.1, 0.15) is 5.82 Å². The van der Waals surface area contributed by atoms with Gasteiger partial charge >= 0.3 is 0 Å². The average Bonchev–Trinajstić information content (AvgIpc) is 3.09. The van der Waals surface area contributed by atoms with Crippen LogP contribution in [-0.2, 0) is 9.59 Å². The predicted molar refractivity (Wildman–Crippen MR) is 125 cm³/mol. The van der Waals surface area contributed by atoms with E-state index in [-0.39, 0.29) is 22.6 Å². The summed E-state index contributed by atoms with van der Waals surface area (Å²) in [6.45, 7) is 4.83. The summed E-state index contributed by atoms with van der Waals surface area (Å²) in [7, 11) is 1.98. The van der Waals surface area contributed by atoms with Crippen molar-refractivity contribution in [1.29, 1.82) is 0 Å². The summed E-state index contributed by atoms with van der Waals surface area (Å²) < 4.78 is 0. The lowest BCUT2D eigenvalue weighted by atomic mass is 9.47. The van der Waals surface area contributed by atoms with Crippen LogP contribution in [0.1, 0.15) is 58.8 Å². The van der Waals surface area contributed by atoms with Gasteiger partial charge in [-0.25, -0.2) is 4.98 Å². The Balaban J connectivity index is 1.31. The Labute approximate surface area is 191 Å². The monoisotopic (exact) mass is 436 g/mol. The molecule has 0 spiro atoms. The van der Waals surface area contributed by atoms with Gasteiger partial charge in [-0.3, -0.25) is 9.59 Å². The second-order valence-corrected chi connectivity index (χ2v) is 11.2. The van der Waals surface area contributed by atoms with Gasteiger partial charge in [-0.15, -0.1) is 0 Å². The normalized spacial score (nSPS) is 40.4. The molecule has 2 heterocycles. The van der Waals surface area contributed by atoms with Gasteiger partial charge in [0, 0.05) is 24.9 Å². The minimum absolute atomic E-state index is 0.0739. The number of pyridine rings is 1. The smallest absolute Gasteiger partial charge is 0.246 e. The lowest BCUT2D eigenvalue weighted by molar-refractivity contribution is -0.139. The average molecular weight is 437 g/mol. The van der Waals surface area contributed by atoms with Gasteiger partial charge in [-0.05, 0) is 85.8 Å². The van der Waals surface area contributed by atoms with Crippen LogP contribution in [-0.4, -0.2) is 34.8 Å². The molecule has 4 aliphatic rings. The van der Waals surface area contributed by atoms with Crippen molar-refractivity contribution in [2.45, 2.75) is 64.8 Å². The summed E-state index contributed by atoms with van der Waals surface area (Å²) >= 11 is 0. The molecule has 3 aliphatic carbocycles. The Hall–Kier alpha value is -2.37.